The Morgan fingerprint density at radius 1 is 0.422 bits per heavy atom. The molecule has 0 unspecified atom stereocenters. The predicted molar refractivity (Wildman–Crippen MR) is 255 cm³/mol. The average Bonchev–Trinajstić information content (AvgIpc) is 4.03. The minimum absolute atomic E-state index is 0.291. The molecule has 8 heterocycles. The monoisotopic (exact) mass is 878 g/mol. The molecule has 4 fully saturated rings. The molecule has 6 aromatic rings. The molecule has 4 aliphatic heterocycles. The number of aromatic nitrogens is 9. The van der Waals surface area contributed by atoms with Gasteiger partial charge in [0.1, 0.15) is 17.9 Å². The SMILES string of the molecule is CC.CC.CC.CC.O=C1CCN(c2nc(N3CCOCC3)nc(-n3ccc4ccccc43)n2)CC1.O=C1CCN(c2nc(N3CCOCC3)nc(-n3cnc4ccccc43)n2)CC1. The number of para-hydroxylation sites is 3. The molecule has 0 spiro atoms. The minimum Gasteiger partial charge on any atom is -0.378 e. The highest BCUT2D eigenvalue weighted by Crippen LogP contribution is 2.25. The average molecular weight is 878 g/mol. The lowest BCUT2D eigenvalue weighted by atomic mass is 10.1. The molecule has 4 aliphatic rings. The third-order valence-corrected chi connectivity index (χ3v) is 10.5. The van der Waals surface area contributed by atoms with Gasteiger partial charge in [-0.1, -0.05) is 85.7 Å². The van der Waals surface area contributed by atoms with Crippen molar-refractivity contribution in [2.75, 3.05) is 98.4 Å². The molecular weight excluding hydrogens is 811 g/mol. The van der Waals surface area contributed by atoms with Crippen LogP contribution in [0.2, 0.25) is 0 Å². The van der Waals surface area contributed by atoms with Crippen LogP contribution in [0.5, 0.6) is 0 Å². The highest BCUT2D eigenvalue weighted by Gasteiger charge is 2.25. The molecule has 0 atom stereocenters. The van der Waals surface area contributed by atoms with Crippen LogP contribution in [-0.2, 0) is 19.1 Å². The van der Waals surface area contributed by atoms with E-state index in [1.54, 1.807) is 6.33 Å². The van der Waals surface area contributed by atoms with Gasteiger partial charge < -0.3 is 29.1 Å². The van der Waals surface area contributed by atoms with Crippen molar-refractivity contribution in [2.45, 2.75) is 81.1 Å². The quantitative estimate of drug-likeness (QED) is 0.166. The second kappa shape index (κ2) is 25.3. The van der Waals surface area contributed by atoms with Gasteiger partial charge in [0, 0.05) is 89.6 Å². The molecule has 0 saturated carbocycles. The number of ether oxygens (including phenoxy) is 2. The molecule has 0 radical (unpaired) electrons. The van der Waals surface area contributed by atoms with Gasteiger partial charge >= 0.3 is 0 Å². The van der Waals surface area contributed by atoms with Crippen LogP contribution in [0, 0.1) is 0 Å². The van der Waals surface area contributed by atoms with Gasteiger partial charge in [-0.15, -0.1) is 0 Å². The van der Waals surface area contributed by atoms with Crippen LogP contribution >= 0.6 is 0 Å². The molecule has 64 heavy (non-hydrogen) atoms. The van der Waals surface area contributed by atoms with Crippen LogP contribution in [0.25, 0.3) is 33.8 Å². The van der Waals surface area contributed by atoms with Gasteiger partial charge in [0.25, 0.3) is 0 Å². The normalized spacial score (nSPS) is 16.2. The second-order valence-corrected chi connectivity index (χ2v) is 14.1. The Morgan fingerprint density at radius 2 is 0.797 bits per heavy atom. The lowest BCUT2D eigenvalue weighted by molar-refractivity contribution is -0.120. The van der Waals surface area contributed by atoms with E-state index in [1.807, 2.05) is 107 Å². The Kier molecular flexibility index (Phi) is 19.3. The van der Waals surface area contributed by atoms with Crippen molar-refractivity contribution in [3.05, 3.63) is 67.1 Å². The Hall–Kier alpha value is -6.07. The number of nitrogens with zero attached hydrogens (tertiary/aromatic N) is 13. The number of piperidine rings is 2. The maximum Gasteiger partial charge on any atom is 0.242 e. The van der Waals surface area contributed by atoms with Crippen molar-refractivity contribution in [1.29, 1.82) is 0 Å². The first-order valence-electron chi connectivity index (χ1n) is 23.3. The zero-order valence-electron chi connectivity index (χ0n) is 39.1. The first-order chi connectivity index (χ1) is 31.6. The van der Waals surface area contributed by atoms with Crippen LogP contribution < -0.4 is 19.6 Å². The summed E-state index contributed by atoms with van der Waals surface area (Å²) >= 11 is 0. The van der Waals surface area contributed by atoms with E-state index in [9.17, 15) is 9.59 Å². The Labute approximate surface area is 377 Å². The molecule has 0 N–H and O–H groups in total. The molecule has 0 aliphatic carbocycles. The van der Waals surface area contributed by atoms with Crippen molar-refractivity contribution in [3.8, 4) is 11.9 Å². The number of morpholine rings is 2. The number of carbonyl (C=O) groups excluding carboxylic acids is 2. The number of carbonyl (C=O) groups is 2. The van der Waals surface area contributed by atoms with E-state index < -0.39 is 0 Å². The molecule has 0 bridgehead atoms. The Balaban J connectivity index is 0.000000209. The molecule has 4 saturated heterocycles. The van der Waals surface area contributed by atoms with Crippen molar-refractivity contribution < 1.29 is 19.1 Å². The van der Waals surface area contributed by atoms with Gasteiger partial charge in [-0.2, -0.15) is 29.9 Å². The summed E-state index contributed by atoms with van der Waals surface area (Å²) in [7, 11) is 0. The van der Waals surface area contributed by atoms with Crippen LogP contribution in [0.1, 0.15) is 81.1 Å². The number of hydrogen-bond acceptors (Lipinski definition) is 15. The topological polar surface area (TPSA) is 166 Å². The number of fused-ring (bicyclic) bond motifs is 2. The third-order valence-electron chi connectivity index (χ3n) is 10.5. The summed E-state index contributed by atoms with van der Waals surface area (Å²) in [6, 6.07) is 18.1. The van der Waals surface area contributed by atoms with Gasteiger partial charge in [-0.05, 0) is 24.3 Å². The molecule has 17 heteroatoms. The van der Waals surface area contributed by atoms with E-state index in [0.29, 0.717) is 126 Å². The Morgan fingerprint density at radius 3 is 1.27 bits per heavy atom. The highest BCUT2D eigenvalue weighted by atomic mass is 16.5. The van der Waals surface area contributed by atoms with Crippen molar-refractivity contribution >= 4 is 57.3 Å². The summed E-state index contributed by atoms with van der Waals surface area (Å²) in [6.45, 7) is 24.2. The zero-order chi connectivity index (χ0) is 45.8. The number of benzene rings is 2. The fourth-order valence-corrected chi connectivity index (χ4v) is 7.28. The fourth-order valence-electron chi connectivity index (χ4n) is 7.28. The third kappa shape index (κ3) is 12.1. The fraction of sp³-hybridized carbons (Fsp3) is 0.511. The lowest BCUT2D eigenvalue weighted by Crippen LogP contribution is -2.39. The van der Waals surface area contributed by atoms with Crippen LogP contribution in [0.3, 0.4) is 0 Å². The lowest BCUT2D eigenvalue weighted by Gasteiger charge is -2.30. The van der Waals surface area contributed by atoms with Gasteiger partial charge in [-0.3, -0.25) is 18.7 Å². The molecule has 17 nitrogen and oxygen atoms in total. The van der Waals surface area contributed by atoms with Crippen molar-refractivity contribution in [3.63, 3.8) is 0 Å². The zero-order valence-corrected chi connectivity index (χ0v) is 39.1. The van der Waals surface area contributed by atoms with E-state index in [1.165, 1.54) is 0 Å². The van der Waals surface area contributed by atoms with Crippen LogP contribution in [-0.4, -0.2) is 134 Å². The largest absolute Gasteiger partial charge is 0.378 e. The maximum absolute atomic E-state index is 11.6. The number of ketones is 2. The smallest absolute Gasteiger partial charge is 0.242 e. The summed E-state index contributed by atoms with van der Waals surface area (Å²) < 4.78 is 14.8. The number of rotatable bonds is 6. The second-order valence-electron chi connectivity index (χ2n) is 14.1. The van der Waals surface area contributed by atoms with Gasteiger partial charge in [0.15, 0.2) is 0 Å². The summed E-state index contributed by atoms with van der Waals surface area (Å²) in [4.78, 5) is 64.6. The highest BCUT2D eigenvalue weighted by molar-refractivity contribution is 5.82. The van der Waals surface area contributed by atoms with Gasteiger partial charge in [0.05, 0.1) is 43.0 Å². The van der Waals surface area contributed by atoms with Crippen molar-refractivity contribution in [1.82, 2.24) is 44.0 Å². The predicted octanol–water partition coefficient (Wildman–Crippen LogP) is 7.14. The van der Waals surface area contributed by atoms with E-state index >= 15 is 0 Å². The van der Waals surface area contributed by atoms with Gasteiger partial charge in [-0.25, -0.2) is 4.98 Å². The molecule has 2 aromatic carbocycles. The number of imidazole rings is 1. The number of hydrogen-bond donors (Lipinski definition) is 0. The minimum atomic E-state index is 0.291. The molecule has 344 valence electrons. The Bertz CT molecular complexity index is 2170. The van der Waals surface area contributed by atoms with Crippen molar-refractivity contribution in [2.24, 2.45) is 0 Å². The first-order valence-corrected chi connectivity index (χ1v) is 23.3. The summed E-state index contributed by atoms with van der Waals surface area (Å²) in [6.07, 6.45) is 5.88. The maximum atomic E-state index is 11.6. The standard InChI is InChI=1S/C20H22N6O2.C19H21N7O2.4C2H6/c27-16-6-8-24(9-7-16)18-21-19(25-11-13-28-14-12-25)23-20(22-18)26-10-5-15-3-1-2-4-17(15)26;27-14-5-7-24(8-6-14)17-21-18(25-9-11-28-12-10-25)23-19(22-17)26-13-20-15-3-1-2-4-16(15)26;4*1-2/h1-5,10H,6-9,11-14H2;1-4,13H,5-12H2;4*1-2H3. The van der Waals surface area contributed by atoms with E-state index in [-0.39, 0.29) is 0 Å². The first kappa shape index (κ1) is 49.0. The molecular formula is C47H67N13O4. The van der Waals surface area contributed by atoms with E-state index in [4.69, 9.17) is 39.4 Å². The van der Waals surface area contributed by atoms with Crippen LogP contribution in [0.4, 0.5) is 23.8 Å². The van der Waals surface area contributed by atoms with Crippen LogP contribution in [0.15, 0.2) is 67.1 Å². The molecule has 0 amide bonds. The summed E-state index contributed by atoms with van der Waals surface area (Å²) in [5.41, 5.74) is 2.89. The summed E-state index contributed by atoms with van der Waals surface area (Å²) in [5, 5.41) is 1.14. The van der Waals surface area contributed by atoms with E-state index in [0.717, 1.165) is 48.1 Å². The summed E-state index contributed by atoms with van der Waals surface area (Å²) in [5.74, 6) is 4.28. The number of Topliss-reactive ketones (excluding diaryl/α,β-unsaturated/α-hetero) is 2. The van der Waals surface area contributed by atoms with Gasteiger partial charge in [0.2, 0.25) is 35.7 Å². The molecule has 10 rings (SSSR count). The molecule has 4 aromatic heterocycles. The van der Waals surface area contributed by atoms with E-state index in [2.05, 4.69) is 42.8 Å². The number of anilines is 4.